The first-order valence-corrected chi connectivity index (χ1v) is 10.3. The second-order valence-corrected chi connectivity index (χ2v) is 8.86. The van der Waals surface area contributed by atoms with Gasteiger partial charge in [0.05, 0.1) is 10.3 Å². The number of allylic oxidation sites excluding steroid dienone is 4. The summed E-state index contributed by atoms with van der Waals surface area (Å²) in [6.07, 6.45) is 0.143. The second kappa shape index (κ2) is 7.37. The molecule has 0 spiro atoms. The van der Waals surface area contributed by atoms with Gasteiger partial charge in [0, 0.05) is 18.0 Å². The van der Waals surface area contributed by atoms with Gasteiger partial charge in [0.1, 0.15) is 19.0 Å². The highest BCUT2D eigenvalue weighted by molar-refractivity contribution is 7.90. The molecule has 0 bridgehead atoms. The second-order valence-electron chi connectivity index (χ2n) is 6.84. The Hall–Kier alpha value is -2.55. The highest BCUT2D eigenvalue weighted by atomic mass is 32.2. The molecule has 9 heteroatoms. The molecule has 0 N–H and O–H groups in total. The summed E-state index contributed by atoms with van der Waals surface area (Å²) in [7, 11) is -3.43. The number of benzene rings is 1. The van der Waals surface area contributed by atoms with E-state index in [1.807, 2.05) is 0 Å². The highest BCUT2D eigenvalue weighted by Crippen LogP contribution is 2.45. The van der Waals surface area contributed by atoms with Crippen molar-refractivity contribution in [2.24, 2.45) is 5.41 Å². The molecule has 2 aromatic rings. The van der Waals surface area contributed by atoms with Crippen LogP contribution in [-0.2, 0) is 16.0 Å². The zero-order valence-corrected chi connectivity index (χ0v) is 16.0. The number of nitrogens with zero attached hydrogens (tertiary/aromatic N) is 1. The van der Waals surface area contributed by atoms with Crippen molar-refractivity contribution in [1.29, 1.82) is 0 Å². The number of hydrogen-bond acceptors (Lipinski definition) is 3. The summed E-state index contributed by atoms with van der Waals surface area (Å²) >= 11 is 0. The van der Waals surface area contributed by atoms with Crippen LogP contribution < -0.4 is 0 Å². The summed E-state index contributed by atoms with van der Waals surface area (Å²) in [5.74, 6) is 0. The predicted molar refractivity (Wildman–Crippen MR) is 99.1 cm³/mol. The molecule has 0 radical (unpaired) electrons. The Kier molecular flexibility index (Phi) is 5.38. The van der Waals surface area contributed by atoms with E-state index >= 15 is 0 Å². The maximum atomic E-state index is 13.6. The molecule has 0 saturated heterocycles. The van der Waals surface area contributed by atoms with E-state index < -0.39 is 40.5 Å². The summed E-state index contributed by atoms with van der Waals surface area (Å²) in [5.41, 5.74) is -1.16. The van der Waals surface area contributed by atoms with E-state index in [2.05, 4.69) is 4.98 Å². The predicted octanol–water partition coefficient (Wildman–Crippen LogP) is 4.91. The van der Waals surface area contributed by atoms with Crippen molar-refractivity contribution in [3.63, 3.8) is 0 Å². The summed E-state index contributed by atoms with van der Waals surface area (Å²) in [5, 5.41) is 0. The van der Waals surface area contributed by atoms with E-state index in [4.69, 9.17) is 0 Å². The Balaban J connectivity index is 2.08. The van der Waals surface area contributed by atoms with Crippen LogP contribution in [-0.4, -0.2) is 33.0 Å². The fraction of sp³-hybridized carbons (Fsp3) is 0.250. The lowest BCUT2D eigenvalue weighted by molar-refractivity contribution is -0.141. The zero-order chi connectivity index (χ0) is 21.4. The normalized spacial score (nSPS) is 16.5. The number of sulfone groups is 1. The minimum Gasteiger partial charge on any atom is -0.251 e. The Bertz CT molecular complexity index is 1070. The largest absolute Gasteiger partial charge is 0.433 e. The number of rotatable bonds is 5. The van der Waals surface area contributed by atoms with Gasteiger partial charge in [-0.2, -0.15) is 13.2 Å². The summed E-state index contributed by atoms with van der Waals surface area (Å²) in [4.78, 5) is 3.48. The maximum Gasteiger partial charge on any atom is 0.433 e. The number of hydrogen-bond donors (Lipinski definition) is 0. The fourth-order valence-corrected chi connectivity index (χ4v) is 3.67. The van der Waals surface area contributed by atoms with Crippen LogP contribution in [0.25, 0.3) is 11.1 Å². The van der Waals surface area contributed by atoms with Gasteiger partial charge < -0.3 is 0 Å². The van der Waals surface area contributed by atoms with E-state index in [1.54, 1.807) is 0 Å². The van der Waals surface area contributed by atoms with Gasteiger partial charge in [0.2, 0.25) is 0 Å². The van der Waals surface area contributed by atoms with Gasteiger partial charge >= 0.3 is 6.18 Å². The van der Waals surface area contributed by atoms with Crippen LogP contribution in [0.5, 0.6) is 0 Å². The van der Waals surface area contributed by atoms with Crippen molar-refractivity contribution < 1.29 is 30.4 Å². The van der Waals surface area contributed by atoms with Gasteiger partial charge in [-0.05, 0) is 34.9 Å². The molecule has 154 valence electrons. The molecule has 29 heavy (non-hydrogen) atoms. The van der Waals surface area contributed by atoms with Crippen molar-refractivity contribution in [3.05, 3.63) is 71.6 Å². The Morgan fingerprint density at radius 3 is 1.83 bits per heavy atom. The third kappa shape index (κ3) is 4.24. The van der Waals surface area contributed by atoms with Crippen LogP contribution in [0.2, 0.25) is 0 Å². The molecule has 0 fully saturated rings. The molecule has 3 nitrogen and oxygen atoms in total. The van der Waals surface area contributed by atoms with E-state index in [-0.39, 0.29) is 10.5 Å². The average molecular weight is 429 g/mol. The van der Waals surface area contributed by atoms with Crippen LogP contribution in [0, 0.1) is 5.41 Å². The summed E-state index contributed by atoms with van der Waals surface area (Å²) in [6.45, 7) is -2.07. The van der Waals surface area contributed by atoms with Crippen molar-refractivity contribution >= 4 is 21.0 Å². The van der Waals surface area contributed by atoms with Crippen molar-refractivity contribution in [3.8, 4) is 0 Å². The van der Waals surface area contributed by atoms with Crippen molar-refractivity contribution in [2.45, 2.75) is 11.1 Å². The van der Waals surface area contributed by atoms with Gasteiger partial charge in [-0.1, -0.05) is 30.4 Å². The molecule has 3 rings (SSSR count). The zero-order valence-electron chi connectivity index (χ0n) is 15.2. The minimum atomic E-state index is -4.61. The van der Waals surface area contributed by atoms with E-state index in [0.717, 1.165) is 18.5 Å². The third-order valence-corrected chi connectivity index (χ3v) is 5.74. The van der Waals surface area contributed by atoms with Crippen molar-refractivity contribution in [1.82, 2.24) is 4.98 Å². The monoisotopic (exact) mass is 429 g/mol. The number of pyridine rings is 1. The SMILES string of the molecule is CS(=O)(=O)c1ccc(C2=CC(CF)(CF)C=C2c2ccc(C(F)(F)F)nc2)cc1. The molecular formula is C20H16F5NO2S. The maximum absolute atomic E-state index is 13.6. The van der Waals surface area contributed by atoms with Crippen molar-refractivity contribution in [2.75, 3.05) is 19.6 Å². The van der Waals surface area contributed by atoms with Crippen LogP contribution in [0.3, 0.4) is 0 Å². The number of aromatic nitrogens is 1. The summed E-state index contributed by atoms with van der Waals surface area (Å²) < 4.78 is 88.8. The van der Waals surface area contributed by atoms with Crippen LogP contribution in [0.4, 0.5) is 22.0 Å². The molecule has 1 aliphatic rings. The van der Waals surface area contributed by atoms with Gasteiger partial charge in [-0.3, -0.25) is 4.98 Å². The van der Waals surface area contributed by atoms with Gasteiger partial charge in [0.15, 0.2) is 9.84 Å². The molecule has 0 atom stereocenters. The molecule has 0 saturated carbocycles. The Morgan fingerprint density at radius 2 is 1.41 bits per heavy atom. The average Bonchev–Trinajstić information content (AvgIpc) is 3.07. The lowest BCUT2D eigenvalue weighted by Crippen LogP contribution is -2.18. The third-order valence-electron chi connectivity index (χ3n) is 4.61. The van der Waals surface area contributed by atoms with Gasteiger partial charge in [-0.15, -0.1) is 0 Å². The quantitative estimate of drug-likeness (QED) is 0.635. The smallest absolute Gasteiger partial charge is 0.251 e. The van der Waals surface area contributed by atoms with E-state index in [9.17, 15) is 30.4 Å². The first kappa shape index (κ1) is 21.2. The van der Waals surface area contributed by atoms with E-state index in [1.165, 1.54) is 42.5 Å². The molecule has 1 aliphatic carbocycles. The minimum absolute atomic E-state index is 0.0730. The number of alkyl halides is 5. The Labute approximate surface area is 164 Å². The molecule has 0 unspecified atom stereocenters. The van der Waals surface area contributed by atoms with Crippen LogP contribution in [0.15, 0.2) is 59.6 Å². The highest BCUT2D eigenvalue weighted by Gasteiger charge is 2.35. The first-order chi connectivity index (χ1) is 13.5. The molecule has 1 aromatic heterocycles. The van der Waals surface area contributed by atoms with Crippen LogP contribution in [0.1, 0.15) is 16.8 Å². The lowest BCUT2D eigenvalue weighted by atomic mass is 9.93. The molecule has 1 heterocycles. The van der Waals surface area contributed by atoms with Gasteiger partial charge in [0.25, 0.3) is 0 Å². The topological polar surface area (TPSA) is 47.0 Å². The summed E-state index contributed by atoms with van der Waals surface area (Å²) in [6, 6.07) is 7.68. The molecular weight excluding hydrogens is 413 g/mol. The van der Waals surface area contributed by atoms with Gasteiger partial charge in [-0.25, -0.2) is 17.2 Å². The fourth-order valence-electron chi connectivity index (χ4n) is 3.04. The Morgan fingerprint density at radius 1 is 0.897 bits per heavy atom. The molecule has 1 aromatic carbocycles. The first-order valence-electron chi connectivity index (χ1n) is 8.41. The number of halogens is 5. The van der Waals surface area contributed by atoms with E-state index in [0.29, 0.717) is 16.7 Å². The molecule has 0 amide bonds. The lowest BCUT2D eigenvalue weighted by Gasteiger charge is -2.15. The standard InChI is InChI=1S/C20H16F5NO2S/c1-29(27,28)15-5-2-13(3-6-15)16-8-19(11-21,12-22)9-17(16)14-4-7-18(26-10-14)20(23,24)25/h2-10H,11-12H2,1H3. The van der Waals surface area contributed by atoms with Crippen LogP contribution >= 0.6 is 0 Å². The molecule has 0 aliphatic heterocycles.